The molecule has 0 nitrogen and oxygen atoms in total. The van der Waals surface area contributed by atoms with Gasteiger partial charge >= 0.3 is 38.6 Å². The Morgan fingerprint density at radius 2 is 0.913 bits per heavy atom. The first kappa shape index (κ1) is 22.3. The van der Waals surface area contributed by atoms with Gasteiger partial charge in [0.2, 0.25) is 0 Å². The van der Waals surface area contributed by atoms with Gasteiger partial charge in [-0.05, 0) is 0 Å². The Labute approximate surface area is 159 Å². The molecule has 122 valence electrons. The molecule has 0 bridgehead atoms. The van der Waals surface area contributed by atoms with Crippen molar-refractivity contribution in [3.63, 3.8) is 0 Å². The first-order chi connectivity index (χ1) is 10.00. The van der Waals surface area contributed by atoms with Crippen molar-refractivity contribution in [3.05, 3.63) is 59.7 Å². The second-order valence-electron chi connectivity index (χ2n) is 4.05. The van der Waals surface area contributed by atoms with Crippen LogP contribution in [0.5, 0.6) is 0 Å². The minimum Gasteiger partial charge on any atom is -0.780 e. The van der Waals surface area contributed by atoms with E-state index in [-0.39, 0.29) is 36.0 Å². The molecule has 0 heterocycles. The second-order valence-corrected chi connectivity index (χ2v) is 4.99. The van der Waals surface area contributed by atoms with Crippen LogP contribution in [-0.4, -0.2) is 0 Å². The van der Waals surface area contributed by atoms with E-state index in [4.69, 9.17) is 0 Å². The van der Waals surface area contributed by atoms with Gasteiger partial charge in [-0.15, -0.1) is 0 Å². The number of rotatable bonds is 0. The summed E-state index contributed by atoms with van der Waals surface area (Å²) in [6.07, 6.45) is -8.57. The summed E-state index contributed by atoms with van der Waals surface area (Å²) in [5.74, 6) is 0. The quantitative estimate of drug-likeness (QED) is 0.403. The average molecular weight is 446 g/mol. The van der Waals surface area contributed by atoms with Crippen molar-refractivity contribution in [1.82, 2.24) is 0 Å². The zero-order valence-corrected chi connectivity index (χ0v) is 15.3. The van der Waals surface area contributed by atoms with E-state index in [0.717, 1.165) is 24.3 Å². The summed E-state index contributed by atoms with van der Waals surface area (Å²) in [6.45, 7) is 0. The zero-order valence-electron chi connectivity index (χ0n) is 11.2. The van der Waals surface area contributed by atoms with Crippen LogP contribution in [0.15, 0.2) is 58.3 Å². The first-order valence-electron chi connectivity index (χ1n) is 5.68. The van der Waals surface area contributed by atoms with Crippen LogP contribution in [0.25, 0.3) is 0 Å². The topological polar surface area (TPSA) is 0 Å². The summed E-state index contributed by atoms with van der Waals surface area (Å²) in [5, 5.41) is 0. The van der Waals surface area contributed by atoms with E-state index < -0.39 is 23.5 Å². The number of hydrogen-bond donors (Lipinski definition) is 0. The van der Waals surface area contributed by atoms with Crippen molar-refractivity contribution < 1.29 is 52.5 Å². The van der Waals surface area contributed by atoms with Gasteiger partial charge < -0.3 is 25.3 Å². The van der Waals surface area contributed by atoms with Crippen LogP contribution in [0.2, 0.25) is 0 Å². The molecule has 0 aromatic heterocycles. The van der Waals surface area contributed by atoms with E-state index in [0.29, 0.717) is 0 Å². The van der Waals surface area contributed by atoms with Crippen molar-refractivity contribution in [2.24, 2.45) is 0 Å². The van der Waals surface area contributed by atoms with Crippen molar-refractivity contribution in [2.45, 2.75) is 22.1 Å². The fraction of sp³-hybridized carbons (Fsp3) is 0.143. The molecule has 23 heavy (non-hydrogen) atoms. The summed E-state index contributed by atoms with van der Waals surface area (Å²) in [5.41, 5.74) is -1.38. The molecular formula is C14H8F6S2Zr. The molecule has 0 radical (unpaired) electrons. The molecule has 0 aliphatic carbocycles. The van der Waals surface area contributed by atoms with Crippen molar-refractivity contribution in [3.8, 4) is 0 Å². The third kappa shape index (κ3) is 8.13. The third-order valence-electron chi connectivity index (χ3n) is 2.32. The maximum Gasteiger partial charge on any atom is 2.00 e. The fourth-order valence-electron chi connectivity index (χ4n) is 1.34. The Morgan fingerprint density at radius 1 is 0.609 bits per heavy atom. The minimum atomic E-state index is -4.28. The van der Waals surface area contributed by atoms with Crippen LogP contribution >= 0.6 is 0 Å². The van der Waals surface area contributed by atoms with Gasteiger partial charge in [-0.2, -0.15) is 36.1 Å². The molecule has 0 spiro atoms. The summed E-state index contributed by atoms with van der Waals surface area (Å²) >= 11 is 9.14. The standard InChI is InChI=1S/2C7H5F3S.Zr/c2*8-7(9,10)5-2-1-3-6(11)4-5;/h2*1-4,11H;/q;;+2/p-2. The normalized spacial score (nSPS) is 11.0. The summed E-state index contributed by atoms with van der Waals surface area (Å²) in [4.78, 5) is 0.416. The van der Waals surface area contributed by atoms with Gasteiger partial charge in [-0.3, -0.25) is 0 Å². The van der Waals surface area contributed by atoms with Crippen molar-refractivity contribution in [2.75, 3.05) is 0 Å². The number of alkyl halides is 6. The predicted molar refractivity (Wildman–Crippen MR) is 74.2 cm³/mol. The van der Waals surface area contributed by atoms with E-state index in [1.54, 1.807) is 0 Å². The Hall–Kier alpha value is -0.657. The van der Waals surface area contributed by atoms with Gasteiger partial charge in [0, 0.05) is 0 Å². The molecule has 2 aromatic rings. The molecule has 2 aromatic carbocycles. The SMILES string of the molecule is FC(F)(F)c1cccc([S-])c1.FC(F)(F)c1cccc([S-])c1.[Zr+2]. The van der Waals surface area contributed by atoms with E-state index in [9.17, 15) is 26.3 Å². The second kappa shape index (κ2) is 8.99. The van der Waals surface area contributed by atoms with Crippen LogP contribution in [-0.2, 0) is 63.8 Å². The molecule has 0 unspecified atom stereocenters. The van der Waals surface area contributed by atoms with E-state index in [1.165, 1.54) is 24.3 Å². The van der Waals surface area contributed by atoms with E-state index >= 15 is 0 Å². The molecule has 2 rings (SSSR count). The van der Waals surface area contributed by atoms with Crippen LogP contribution in [0.1, 0.15) is 11.1 Å². The Bertz CT molecular complexity index is 570. The van der Waals surface area contributed by atoms with E-state index in [1.807, 2.05) is 0 Å². The molecule has 9 heteroatoms. The molecule has 0 aliphatic heterocycles. The van der Waals surface area contributed by atoms with Gasteiger partial charge in [0.25, 0.3) is 0 Å². The van der Waals surface area contributed by atoms with Gasteiger partial charge in [-0.25, -0.2) is 0 Å². The maximum absolute atomic E-state index is 11.9. The largest absolute Gasteiger partial charge is 2.00 e. The molecule has 0 fully saturated rings. The molecule has 0 amide bonds. The summed E-state index contributed by atoms with van der Waals surface area (Å²) in [7, 11) is 0. The number of benzene rings is 2. The molecular weight excluding hydrogens is 438 g/mol. The summed E-state index contributed by atoms with van der Waals surface area (Å²) < 4.78 is 71.5. The van der Waals surface area contributed by atoms with Crippen LogP contribution in [0, 0.1) is 0 Å². The third-order valence-corrected chi connectivity index (χ3v) is 2.83. The number of hydrogen-bond acceptors (Lipinski definition) is 2. The molecule has 0 N–H and O–H groups in total. The van der Waals surface area contributed by atoms with Crippen LogP contribution in [0.3, 0.4) is 0 Å². The van der Waals surface area contributed by atoms with Gasteiger partial charge in [0.15, 0.2) is 0 Å². The Morgan fingerprint density at radius 3 is 1.09 bits per heavy atom. The Kier molecular flexibility index (Phi) is 8.73. The van der Waals surface area contributed by atoms with E-state index in [2.05, 4.69) is 25.3 Å². The molecule has 0 saturated heterocycles. The van der Waals surface area contributed by atoms with Gasteiger partial charge in [-0.1, -0.05) is 48.5 Å². The van der Waals surface area contributed by atoms with Gasteiger partial charge in [0.05, 0.1) is 11.1 Å². The molecule has 0 atom stereocenters. The Balaban J connectivity index is 0.000000403. The maximum atomic E-state index is 11.9. The van der Waals surface area contributed by atoms with Crippen molar-refractivity contribution in [1.29, 1.82) is 0 Å². The zero-order chi connectivity index (χ0) is 17.0. The monoisotopic (exact) mass is 444 g/mol. The van der Waals surface area contributed by atoms with Crippen LogP contribution in [0.4, 0.5) is 26.3 Å². The number of halogens is 6. The fourth-order valence-corrected chi connectivity index (χ4v) is 1.76. The predicted octanol–water partition coefficient (Wildman–Crippen LogP) is 5.22. The van der Waals surface area contributed by atoms with Crippen molar-refractivity contribution >= 4 is 25.3 Å². The smallest absolute Gasteiger partial charge is 0.780 e. The molecule has 0 saturated carbocycles. The van der Waals surface area contributed by atoms with Gasteiger partial charge in [0.1, 0.15) is 0 Å². The minimum absolute atomic E-state index is 0. The average Bonchev–Trinajstić information content (AvgIpc) is 2.37. The first-order valence-corrected chi connectivity index (χ1v) is 6.50. The molecule has 0 aliphatic rings. The van der Waals surface area contributed by atoms with Crippen LogP contribution < -0.4 is 0 Å². The summed E-state index contributed by atoms with van der Waals surface area (Å²) in [6, 6.07) is 9.36.